The molecule has 0 aliphatic carbocycles. The average Bonchev–Trinajstić information content (AvgIpc) is 2.96. The fraction of sp³-hybridized carbons (Fsp3) is 0.364. The normalized spacial score (nSPS) is 18.3. The highest BCUT2D eigenvalue weighted by Crippen LogP contribution is 2.17. The van der Waals surface area contributed by atoms with Crippen molar-refractivity contribution in [2.75, 3.05) is 12.0 Å². The number of nitrogens with one attached hydrogen (secondary N) is 1. The summed E-state index contributed by atoms with van der Waals surface area (Å²) in [6.07, 6.45) is 1.45. The minimum absolute atomic E-state index is 0.133. The third-order valence-electron chi connectivity index (χ3n) is 3.03. The molecule has 1 aliphatic rings. The topological polar surface area (TPSA) is 118 Å². The monoisotopic (exact) mass is 266 g/mol. The van der Waals surface area contributed by atoms with E-state index in [0.717, 1.165) is 4.90 Å². The molecule has 19 heavy (non-hydrogen) atoms. The molecule has 1 aromatic rings. The van der Waals surface area contributed by atoms with Crippen LogP contribution in [-0.2, 0) is 4.79 Å². The van der Waals surface area contributed by atoms with Gasteiger partial charge in [0.25, 0.3) is 11.8 Å². The number of nitrogens with zero attached hydrogens (tertiary/aromatic N) is 2. The first kappa shape index (κ1) is 12.9. The molecule has 4 N–H and O–H groups in total. The number of aromatic nitrogens is 1. The van der Waals surface area contributed by atoms with Gasteiger partial charge in [0.2, 0.25) is 0 Å². The Balaban J connectivity index is 2.11. The van der Waals surface area contributed by atoms with Crippen LogP contribution in [0.4, 0.5) is 4.79 Å². The Hall–Kier alpha value is -2.51. The van der Waals surface area contributed by atoms with Gasteiger partial charge in [0.05, 0.1) is 0 Å². The first-order valence-electron chi connectivity index (χ1n) is 5.78. The van der Waals surface area contributed by atoms with E-state index in [1.165, 1.54) is 16.9 Å². The molecule has 1 aromatic heterocycles. The zero-order chi connectivity index (χ0) is 14.0. The predicted octanol–water partition coefficient (Wildman–Crippen LogP) is -0.201. The highest BCUT2D eigenvalue weighted by Gasteiger charge is 2.34. The first-order valence-corrected chi connectivity index (χ1v) is 5.78. The molecule has 8 nitrogen and oxygen atoms in total. The standard InChI is InChI=1S/C11H14N4O4/c12-9(16)7-3-2-6-15(7)13-10(17)8-4-1-5-14(8)11(18)19/h2-3,6,8H,1,4-5H2,(H2,12,16)(H,13,17)(H,18,19)/t8-/m0/s1. The summed E-state index contributed by atoms with van der Waals surface area (Å²) < 4.78 is 1.20. The lowest BCUT2D eigenvalue weighted by Crippen LogP contribution is -2.44. The maximum atomic E-state index is 12.0. The molecule has 3 amide bonds. The van der Waals surface area contributed by atoms with Crippen LogP contribution in [0, 0.1) is 0 Å². The third kappa shape index (κ3) is 2.51. The lowest BCUT2D eigenvalue weighted by atomic mass is 10.2. The molecule has 0 bridgehead atoms. The van der Waals surface area contributed by atoms with Gasteiger partial charge in [-0.1, -0.05) is 0 Å². The second-order valence-electron chi connectivity index (χ2n) is 4.24. The first-order chi connectivity index (χ1) is 9.00. The molecular weight excluding hydrogens is 252 g/mol. The molecule has 0 saturated carbocycles. The molecule has 1 fully saturated rings. The van der Waals surface area contributed by atoms with Gasteiger partial charge in [0.15, 0.2) is 0 Å². The number of carbonyl (C=O) groups excluding carboxylic acids is 2. The van der Waals surface area contributed by atoms with Crippen molar-refractivity contribution in [3.05, 3.63) is 24.0 Å². The molecule has 8 heteroatoms. The molecule has 2 rings (SSSR count). The Morgan fingerprint density at radius 2 is 2.16 bits per heavy atom. The molecule has 0 aromatic carbocycles. The van der Waals surface area contributed by atoms with E-state index in [-0.39, 0.29) is 5.69 Å². The van der Waals surface area contributed by atoms with Gasteiger partial charge in [-0.15, -0.1) is 0 Å². The third-order valence-corrected chi connectivity index (χ3v) is 3.03. The summed E-state index contributed by atoms with van der Waals surface area (Å²) in [5.74, 6) is -1.15. The van der Waals surface area contributed by atoms with E-state index >= 15 is 0 Å². The van der Waals surface area contributed by atoms with Crippen LogP contribution in [0.2, 0.25) is 0 Å². The number of carbonyl (C=O) groups is 3. The molecule has 0 radical (unpaired) electrons. The number of hydrogen-bond donors (Lipinski definition) is 3. The number of rotatable bonds is 3. The fourth-order valence-electron chi connectivity index (χ4n) is 2.14. The van der Waals surface area contributed by atoms with E-state index in [2.05, 4.69) is 5.43 Å². The van der Waals surface area contributed by atoms with Gasteiger partial charge in [-0.2, -0.15) is 0 Å². The maximum absolute atomic E-state index is 12.0. The summed E-state index contributed by atoms with van der Waals surface area (Å²) in [4.78, 5) is 35.2. The predicted molar refractivity (Wildman–Crippen MR) is 65.1 cm³/mol. The number of hydrogen-bond acceptors (Lipinski definition) is 3. The number of amides is 3. The molecule has 1 aliphatic heterocycles. The second kappa shape index (κ2) is 5.01. The van der Waals surface area contributed by atoms with E-state index in [9.17, 15) is 14.4 Å². The lowest BCUT2D eigenvalue weighted by molar-refractivity contribution is -0.120. The number of primary amides is 1. The quantitative estimate of drug-likeness (QED) is 0.702. The Kier molecular flexibility index (Phi) is 3.41. The number of nitrogens with two attached hydrogens (primary N) is 1. The van der Waals surface area contributed by atoms with Crippen molar-refractivity contribution in [2.24, 2.45) is 5.73 Å². The molecule has 1 atom stereocenters. The Bertz CT molecular complexity index is 525. The van der Waals surface area contributed by atoms with Crippen LogP contribution in [0.1, 0.15) is 23.3 Å². The zero-order valence-electron chi connectivity index (χ0n) is 10.1. The van der Waals surface area contributed by atoms with Gasteiger partial charge in [-0.3, -0.25) is 24.6 Å². The van der Waals surface area contributed by atoms with E-state index in [0.29, 0.717) is 19.4 Å². The van der Waals surface area contributed by atoms with E-state index in [4.69, 9.17) is 10.8 Å². The summed E-state index contributed by atoms with van der Waals surface area (Å²) >= 11 is 0. The largest absolute Gasteiger partial charge is 0.465 e. The Morgan fingerprint density at radius 3 is 2.79 bits per heavy atom. The highest BCUT2D eigenvalue weighted by atomic mass is 16.4. The zero-order valence-corrected chi connectivity index (χ0v) is 10.1. The van der Waals surface area contributed by atoms with Crippen molar-refractivity contribution < 1.29 is 19.5 Å². The van der Waals surface area contributed by atoms with Crippen molar-refractivity contribution in [1.82, 2.24) is 9.58 Å². The van der Waals surface area contributed by atoms with Crippen LogP contribution in [0.15, 0.2) is 18.3 Å². The average molecular weight is 266 g/mol. The number of carboxylic acid groups (broad SMARTS) is 1. The minimum atomic E-state index is -1.12. The van der Waals surface area contributed by atoms with Crippen molar-refractivity contribution in [3.8, 4) is 0 Å². The van der Waals surface area contributed by atoms with Gasteiger partial charge in [-0.05, 0) is 25.0 Å². The van der Waals surface area contributed by atoms with Crippen LogP contribution < -0.4 is 11.2 Å². The van der Waals surface area contributed by atoms with Crippen LogP contribution in [0.5, 0.6) is 0 Å². The summed E-state index contributed by atoms with van der Waals surface area (Å²) in [6, 6.07) is 2.29. The molecule has 2 heterocycles. The summed E-state index contributed by atoms with van der Waals surface area (Å²) in [6.45, 7) is 0.335. The Labute approximate surface area is 108 Å². The van der Waals surface area contributed by atoms with E-state index < -0.39 is 23.9 Å². The maximum Gasteiger partial charge on any atom is 0.407 e. The van der Waals surface area contributed by atoms with Gasteiger partial charge >= 0.3 is 6.09 Å². The molecule has 102 valence electrons. The van der Waals surface area contributed by atoms with E-state index in [1.807, 2.05) is 0 Å². The molecule has 0 unspecified atom stereocenters. The van der Waals surface area contributed by atoms with Crippen molar-refractivity contribution in [3.63, 3.8) is 0 Å². The summed E-state index contributed by atoms with van der Waals surface area (Å²) in [5.41, 5.74) is 7.75. The summed E-state index contributed by atoms with van der Waals surface area (Å²) in [7, 11) is 0. The minimum Gasteiger partial charge on any atom is -0.465 e. The Morgan fingerprint density at radius 1 is 1.42 bits per heavy atom. The summed E-state index contributed by atoms with van der Waals surface area (Å²) in [5, 5.41) is 8.97. The number of likely N-dealkylation sites (tertiary alicyclic amines) is 1. The second-order valence-corrected chi connectivity index (χ2v) is 4.24. The molecule has 0 spiro atoms. The highest BCUT2D eigenvalue weighted by molar-refractivity contribution is 5.95. The van der Waals surface area contributed by atoms with E-state index in [1.54, 1.807) is 6.07 Å². The van der Waals surface area contributed by atoms with Crippen molar-refractivity contribution in [1.29, 1.82) is 0 Å². The van der Waals surface area contributed by atoms with Gasteiger partial charge in [-0.25, -0.2) is 4.79 Å². The van der Waals surface area contributed by atoms with Crippen molar-refractivity contribution >= 4 is 17.9 Å². The smallest absolute Gasteiger partial charge is 0.407 e. The molecule has 1 saturated heterocycles. The van der Waals surface area contributed by atoms with Gasteiger partial charge in [0.1, 0.15) is 11.7 Å². The van der Waals surface area contributed by atoms with Crippen LogP contribution in [0.25, 0.3) is 0 Å². The molecular formula is C11H14N4O4. The van der Waals surface area contributed by atoms with Gasteiger partial charge < -0.3 is 10.8 Å². The van der Waals surface area contributed by atoms with Crippen molar-refractivity contribution in [2.45, 2.75) is 18.9 Å². The van der Waals surface area contributed by atoms with Gasteiger partial charge in [0, 0.05) is 12.7 Å². The SMILES string of the molecule is NC(=O)c1cccn1NC(=O)[C@@H]1CCCN1C(=O)O. The fourth-order valence-corrected chi connectivity index (χ4v) is 2.14. The van der Waals surface area contributed by atoms with Crippen LogP contribution in [0.3, 0.4) is 0 Å². The lowest BCUT2D eigenvalue weighted by Gasteiger charge is -2.21. The van der Waals surface area contributed by atoms with Crippen LogP contribution >= 0.6 is 0 Å². The van der Waals surface area contributed by atoms with Crippen LogP contribution in [-0.4, -0.2) is 45.2 Å².